The van der Waals surface area contributed by atoms with Gasteiger partial charge in [0, 0.05) is 12.4 Å². The molecule has 0 saturated heterocycles. The van der Waals surface area contributed by atoms with E-state index in [1.54, 1.807) is 0 Å². The number of thiazole rings is 1. The maximum absolute atomic E-state index is 5.81. The molecule has 0 bridgehead atoms. The van der Waals surface area contributed by atoms with Gasteiger partial charge in [0.05, 0.1) is 5.69 Å². The summed E-state index contributed by atoms with van der Waals surface area (Å²) in [5.41, 5.74) is 1.12. The number of fused-ring (bicyclic) bond motifs is 1. The smallest absolute Gasteiger partial charge is 0.195 e. The van der Waals surface area contributed by atoms with Crippen LogP contribution >= 0.6 is 22.9 Å². The van der Waals surface area contributed by atoms with Gasteiger partial charge in [-0.15, -0.1) is 0 Å². The van der Waals surface area contributed by atoms with Gasteiger partial charge in [0.1, 0.15) is 4.34 Å². The van der Waals surface area contributed by atoms with Gasteiger partial charge in [0.15, 0.2) is 4.96 Å². The number of hydrogen-bond donors (Lipinski definition) is 0. The summed E-state index contributed by atoms with van der Waals surface area (Å²) in [7, 11) is 0. The fourth-order valence-electron chi connectivity index (χ4n) is 1.06. The molecule has 2 aromatic heterocycles. The van der Waals surface area contributed by atoms with E-state index in [0.717, 1.165) is 15.0 Å². The van der Waals surface area contributed by atoms with Crippen molar-refractivity contribution in [3.63, 3.8) is 0 Å². The summed E-state index contributed by atoms with van der Waals surface area (Å²) in [6.07, 6.45) is 3.92. The molecule has 0 aliphatic heterocycles. The molecule has 4 heteroatoms. The highest BCUT2D eigenvalue weighted by Crippen LogP contribution is 2.24. The SMILES string of the molecule is CC(C)c1cn2cc(Cl)sc2n1. The van der Waals surface area contributed by atoms with E-state index < -0.39 is 0 Å². The van der Waals surface area contributed by atoms with Crippen LogP contribution < -0.4 is 0 Å². The number of halogens is 1. The second-order valence-electron chi connectivity index (χ2n) is 3.05. The van der Waals surface area contributed by atoms with Crippen LogP contribution in [0.25, 0.3) is 4.96 Å². The lowest BCUT2D eigenvalue weighted by Crippen LogP contribution is -1.84. The Morgan fingerprint density at radius 3 is 2.83 bits per heavy atom. The van der Waals surface area contributed by atoms with Crippen LogP contribution in [0.15, 0.2) is 12.4 Å². The molecule has 0 unspecified atom stereocenters. The maximum atomic E-state index is 5.81. The van der Waals surface area contributed by atoms with Crippen LogP contribution in [0.3, 0.4) is 0 Å². The molecule has 12 heavy (non-hydrogen) atoms. The molecule has 2 heterocycles. The standard InChI is InChI=1S/C8H9ClN2S/c1-5(2)6-3-11-4-7(9)12-8(11)10-6/h3-5H,1-2H3. The second kappa shape index (κ2) is 2.75. The molecule has 0 spiro atoms. The first kappa shape index (κ1) is 8.08. The van der Waals surface area contributed by atoms with Crippen molar-refractivity contribution < 1.29 is 0 Å². The number of hydrogen-bond acceptors (Lipinski definition) is 2. The van der Waals surface area contributed by atoms with Crippen LogP contribution in [0.4, 0.5) is 0 Å². The molecular formula is C8H9ClN2S. The third-order valence-electron chi connectivity index (χ3n) is 1.74. The van der Waals surface area contributed by atoms with Gasteiger partial charge in [0.2, 0.25) is 0 Å². The third kappa shape index (κ3) is 1.23. The lowest BCUT2D eigenvalue weighted by molar-refractivity contribution is 0.834. The Hall–Kier alpha value is -0.540. The van der Waals surface area contributed by atoms with Crippen LogP contribution in [0.1, 0.15) is 25.5 Å². The van der Waals surface area contributed by atoms with Crippen molar-refractivity contribution in [3.8, 4) is 0 Å². The lowest BCUT2D eigenvalue weighted by Gasteiger charge is -1.95. The van der Waals surface area contributed by atoms with Gasteiger partial charge in [-0.2, -0.15) is 0 Å². The number of aromatic nitrogens is 2. The Kier molecular flexibility index (Phi) is 1.85. The van der Waals surface area contributed by atoms with Crippen LogP contribution in [-0.2, 0) is 0 Å². The van der Waals surface area contributed by atoms with E-state index in [0.29, 0.717) is 5.92 Å². The summed E-state index contributed by atoms with van der Waals surface area (Å²) >= 11 is 7.32. The van der Waals surface area contributed by atoms with Crippen molar-refractivity contribution in [2.75, 3.05) is 0 Å². The molecule has 0 N–H and O–H groups in total. The van der Waals surface area contributed by atoms with Crippen LogP contribution in [0.5, 0.6) is 0 Å². The average molecular weight is 201 g/mol. The van der Waals surface area contributed by atoms with Gasteiger partial charge in [-0.25, -0.2) is 4.98 Å². The molecule has 2 aromatic rings. The molecule has 0 saturated carbocycles. The molecule has 0 amide bonds. The molecule has 0 fully saturated rings. The number of imidazole rings is 1. The zero-order chi connectivity index (χ0) is 8.72. The van der Waals surface area contributed by atoms with E-state index in [2.05, 4.69) is 18.8 Å². The summed E-state index contributed by atoms with van der Waals surface area (Å²) in [6.45, 7) is 4.27. The first-order chi connectivity index (χ1) is 5.66. The molecule has 0 aliphatic carbocycles. The molecule has 0 radical (unpaired) electrons. The lowest BCUT2D eigenvalue weighted by atomic mass is 10.2. The number of rotatable bonds is 1. The average Bonchev–Trinajstić information content (AvgIpc) is 2.42. The van der Waals surface area contributed by atoms with Crippen LogP contribution in [-0.4, -0.2) is 9.38 Å². The Morgan fingerprint density at radius 2 is 2.25 bits per heavy atom. The predicted octanol–water partition coefficient (Wildman–Crippen LogP) is 3.17. The van der Waals surface area contributed by atoms with E-state index >= 15 is 0 Å². The minimum atomic E-state index is 0.482. The highest BCUT2D eigenvalue weighted by Gasteiger charge is 2.07. The fourth-order valence-corrected chi connectivity index (χ4v) is 2.08. The molecule has 64 valence electrons. The van der Waals surface area contributed by atoms with Crippen molar-refractivity contribution in [2.24, 2.45) is 0 Å². The van der Waals surface area contributed by atoms with Gasteiger partial charge < -0.3 is 0 Å². The fraction of sp³-hybridized carbons (Fsp3) is 0.375. The Labute approximate surface area is 79.8 Å². The molecule has 2 nitrogen and oxygen atoms in total. The first-order valence-corrected chi connectivity index (χ1v) is 5.00. The van der Waals surface area contributed by atoms with E-state index in [9.17, 15) is 0 Å². The minimum absolute atomic E-state index is 0.482. The highest BCUT2D eigenvalue weighted by atomic mass is 35.5. The molecule has 0 atom stereocenters. The van der Waals surface area contributed by atoms with Gasteiger partial charge >= 0.3 is 0 Å². The Bertz CT molecular complexity index is 371. The normalized spacial score (nSPS) is 11.7. The van der Waals surface area contributed by atoms with Gasteiger partial charge in [-0.1, -0.05) is 36.8 Å². The summed E-state index contributed by atoms with van der Waals surface area (Å²) < 4.78 is 2.76. The first-order valence-electron chi connectivity index (χ1n) is 3.81. The monoisotopic (exact) mass is 200 g/mol. The Balaban J connectivity index is 2.57. The summed E-state index contributed by atoms with van der Waals surface area (Å²) in [6, 6.07) is 0. The van der Waals surface area contributed by atoms with Gasteiger partial charge in [-0.05, 0) is 5.92 Å². The quantitative estimate of drug-likeness (QED) is 0.691. The third-order valence-corrected chi connectivity index (χ3v) is 2.85. The van der Waals surface area contributed by atoms with Crippen LogP contribution in [0, 0.1) is 0 Å². The van der Waals surface area contributed by atoms with E-state index in [4.69, 9.17) is 11.6 Å². The second-order valence-corrected chi connectivity index (χ2v) is 4.69. The van der Waals surface area contributed by atoms with Gasteiger partial charge in [0.25, 0.3) is 0 Å². The van der Waals surface area contributed by atoms with E-state index in [-0.39, 0.29) is 0 Å². The topological polar surface area (TPSA) is 17.3 Å². The van der Waals surface area contributed by atoms with Crippen molar-refractivity contribution in [3.05, 3.63) is 22.4 Å². The summed E-state index contributed by atoms with van der Waals surface area (Å²) in [5.74, 6) is 0.482. The van der Waals surface area contributed by atoms with E-state index in [1.165, 1.54) is 11.3 Å². The highest BCUT2D eigenvalue weighted by molar-refractivity contribution is 7.20. The van der Waals surface area contributed by atoms with Crippen molar-refractivity contribution in [1.82, 2.24) is 9.38 Å². The molecular weight excluding hydrogens is 192 g/mol. The Morgan fingerprint density at radius 1 is 1.50 bits per heavy atom. The summed E-state index contributed by atoms with van der Waals surface area (Å²) in [5, 5.41) is 0. The van der Waals surface area contributed by atoms with Crippen LogP contribution in [0.2, 0.25) is 4.34 Å². The minimum Gasteiger partial charge on any atom is -0.296 e. The maximum Gasteiger partial charge on any atom is 0.195 e. The van der Waals surface area contributed by atoms with Gasteiger partial charge in [-0.3, -0.25) is 4.40 Å². The zero-order valence-electron chi connectivity index (χ0n) is 6.91. The van der Waals surface area contributed by atoms with E-state index in [1.807, 2.05) is 16.8 Å². The largest absolute Gasteiger partial charge is 0.296 e. The van der Waals surface area contributed by atoms with Crippen molar-refractivity contribution >= 4 is 27.9 Å². The molecule has 0 aliphatic rings. The zero-order valence-corrected chi connectivity index (χ0v) is 8.49. The predicted molar refractivity (Wildman–Crippen MR) is 52.2 cm³/mol. The molecule has 2 rings (SSSR count). The molecule has 0 aromatic carbocycles. The van der Waals surface area contributed by atoms with Crippen molar-refractivity contribution in [1.29, 1.82) is 0 Å². The number of nitrogens with zero attached hydrogens (tertiary/aromatic N) is 2. The van der Waals surface area contributed by atoms with Crippen molar-refractivity contribution in [2.45, 2.75) is 19.8 Å². The summed E-state index contributed by atoms with van der Waals surface area (Å²) in [4.78, 5) is 5.41.